The van der Waals surface area contributed by atoms with Gasteiger partial charge in [-0.3, -0.25) is 4.79 Å². The fraction of sp³-hybridized carbons (Fsp3) is 0.412. The Kier molecular flexibility index (Phi) is 4.91. The highest BCUT2D eigenvalue weighted by atomic mass is 32.2. The first kappa shape index (κ1) is 15.9. The van der Waals surface area contributed by atoms with Crippen molar-refractivity contribution in [1.82, 2.24) is 5.32 Å². The van der Waals surface area contributed by atoms with Crippen molar-refractivity contribution in [1.29, 1.82) is 0 Å². The summed E-state index contributed by atoms with van der Waals surface area (Å²) in [4.78, 5) is 24.4. The Morgan fingerprint density at radius 2 is 2.30 bits per heavy atom. The van der Waals surface area contributed by atoms with Crippen LogP contribution in [-0.2, 0) is 0 Å². The highest BCUT2D eigenvalue weighted by molar-refractivity contribution is 7.99. The number of hydrogen-bond acceptors (Lipinski definition) is 5. The van der Waals surface area contributed by atoms with Crippen molar-refractivity contribution in [3.8, 4) is 5.75 Å². The standard InChI is InChI=1S/C17H19NO4S/c1-2-6-21-13-4-3-11-8-14(17(20)22-15(11)9-13)16(19)18-12-5-7-23-10-12/h3-4,8-9,12H,2,5-7,10H2,1H3,(H,18,19). The van der Waals surface area contributed by atoms with Gasteiger partial charge in [0.25, 0.3) is 5.91 Å². The largest absolute Gasteiger partial charge is 0.493 e. The summed E-state index contributed by atoms with van der Waals surface area (Å²) in [5.41, 5.74) is -0.138. The average Bonchev–Trinajstić information content (AvgIpc) is 3.04. The van der Waals surface area contributed by atoms with Gasteiger partial charge < -0.3 is 14.5 Å². The molecule has 1 amide bonds. The van der Waals surface area contributed by atoms with Gasteiger partial charge in [-0.1, -0.05) is 6.92 Å². The zero-order valence-corrected chi connectivity index (χ0v) is 13.8. The first-order valence-electron chi connectivity index (χ1n) is 7.76. The zero-order valence-electron chi connectivity index (χ0n) is 13.0. The Morgan fingerprint density at radius 3 is 3.04 bits per heavy atom. The fourth-order valence-corrected chi connectivity index (χ4v) is 3.62. The van der Waals surface area contributed by atoms with E-state index in [0.29, 0.717) is 23.3 Å². The molecule has 0 saturated carbocycles. The third-order valence-electron chi connectivity index (χ3n) is 3.69. The van der Waals surface area contributed by atoms with E-state index in [4.69, 9.17) is 9.15 Å². The molecular weight excluding hydrogens is 314 g/mol. The van der Waals surface area contributed by atoms with Gasteiger partial charge in [0.1, 0.15) is 16.9 Å². The predicted octanol–water partition coefficient (Wildman–Crippen LogP) is 2.82. The van der Waals surface area contributed by atoms with Crippen LogP contribution in [-0.4, -0.2) is 30.1 Å². The summed E-state index contributed by atoms with van der Waals surface area (Å²) in [6, 6.07) is 7.01. The number of ether oxygens (including phenoxy) is 1. The second-order valence-corrected chi connectivity index (χ2v) is 6.68. The Morgan fingerprint density at radius 1 is 1.43 bits per heavy atom. The summed E-state index contributed by atoms with van der Waals surface area (Å²) in [6.45, 7) is 2.63. The third-order valence-corrected chi connectivity index (χ3v) is 4.85. The first-order chi connectivity index (χ1) is 11.2. The lowest BCUT2D eigenvalue weighted by Crippen LogP contribution is -2.36. The molecule has 1 unspecified atom stereocenters. The number of amides is 1. The molecule has 1 aliphatic heterocycles. The van der Waals surface area contributed by atoms with Crippen molar-refractivity contribution >= 4 is 28.6 Å². The van der Waals surface area contributed by atoms with E-state index in [1.165, 1.54) is 0 Å². The summed E-state index contributed by atoms with van der Waals surface area (Å²) in [7, 11) is 0. The Balaban J connectivity index is 1.85. The van der Waals surface area contributed by atoms with Crippen LogP contribution in [0.1, 0.15) is 30.1 Å². The van der Waals surface area contributed by atoms with Gasteiger partial charge in [-0.15, -0.1) is 0 Å². The Labute approximate surface area is 138 Å². The van der Waals surface area contributed by atoms with E-state index in [1.54, 1.807) is 30.0 Å². The van der Waals surface area contributed by atoms with Gasteiger partial charge in [-0.05, 0) is 36.8 Å². The zero-order chi connectivity index (χ0) is 16.2. The number of hydrogen-bond donors (Lipinski definition) is 1. The molecule has 0 radical (unpaired) electrons. The van der Waals surface area contributed by atoms with Crippen LogP contribution in [0.5, 0.6) is 5.75 Å². The minimum atomic E-state index is -0.617. The van der Waals surface area contributed by atoms with E-state index in [9.17, 15) is 9.59 Å². The number of carbonyl (C=O) groups excluding carboxylic acids is 1. The highest BCUT2D eigenvalue weighted by Crippen LogP contribution is 2.21. The average molecular weight is 333 g/mol. The molecule has 0 bridgehead atoms. The van der Waals surface area contributed by atoms with Crippen LogP contribution in [0.25, 0.3) is 11.0 Å². The van der Waals surface area contributed by atoms with Crippen molar-refractivity contribution in [2.75, 3.05) is 18.1 Å². The molecule has 0 spiro atoms. The van der Waals surface area contributed by atoms with Crippen LogP contribution in [0.15, 0.2) is 33.5 Å². The molecule has 2 aromatic rings. The fourth-order valence-electron chi connectivity index (χ4n) is 2.47. The minimum absolute atomic E-state index is 0.0524. The van der Waals surface area contributed by atoms with E-state index < -0.39 is 5.63 Å². The van der Waals surface area contributed by atoms with Crippen molar-refractivity contribution in [2.24, 2.45) is 0 Å². The maximum absolute atomic E-state index is 12.3. The van der Waals surface area contributed by atoms with E-state index in [2.05, 4.69) is 5.32 Å². The molecule has 1 aromatic carbocycles. The number of benzene rings is 1. The van der Waals surface area contributed by atoms with Gasteiger partial charge in [0.2, 0.25) is 0 Å². The molecule has 1 fully saturated rings. The summed E-state index contributed by atoms with van der Waals surface area (Å²) < 4.78 is 10.8. The molecule has 0 aliphatic carbocycles. The molecule has 1 aromatic heterocycles. The number of nitrogens with one attached hydrogen (secondary N) is 1. The van der Waals surface area contributed by atoms with Gasteiger partial charge in [0.05, 0.1) is 6.61 Å². The smallest absolute Gasteiger partial charge is 0.349 e. The van der Waals surface area contributed by atoms with Crippen LogP contribution < -0.4 is 15.7 Å². The number of rotatable bonds is 5. The molecule has 1 N–H and O–H groups in total. The van der Waals surface area contributed by atoms with Crippen LogP contribution in [0.3, 0.4) is 0 Å². The van der Waals surface area contributed by atoms with Crippen molar-refractivity contribution in [3.05, 3.63) is 40.2 Å². The summed E-state index contributed by atoms with van der Waals surface area (Å²) in [5, 5.41) is 3.60. The predicted molar refractivity (Wildman–Crippen MR) is 91.5 cm³/mol. The molecule has 23 heavy (non-hydrogen) atoms. The van der Waals surface area contributed by atoms with Gasteiger partial charge in [0.15, 0.2) is 0 Å². The van der Waals surface area contributed by atoms with Crippen molar-refractivity contribution < 1.29 is 13.9 Å². The van der Waals surface area contributed by atoms with Crippen molar-refractivity contribution in [3.63, 3.8) is 0 Å². The molecule has 2 heterocycles. The minimum Gasteiger partial charge on any atom is -0.493 e. The Bertz CT molecular complexity index is 765. The van der Waals surface area contributed by atoms with Crippen LogP contribution in [0, 0.1) is 0 Å². The Hall–Kier alpha value is -1.95. The summed E-state index contributed by atoms with van der Waals surface area (Å²) in [6.07, 6.45) is 1.84. The second kappa shape index (κ2) is 7.08. The summed E-state index contributed by atoms with van der Waals surface area (Å²) >= 11 is 1.80. The monoisotopic (exact) mass is 333 g/mol. The van der Waals surface area contributed by atoms with E-state index in [1.807, 2.05) is 13.0 Å². The molecule has 1 atom stereocenters. The number of thioether (sulfide) groups is 1. The lowest BCUT2D eigenvalue weighted by Gasteiger charge is -2.11. The SMILES string of the molecule is CCCOc1ccc2cc(C(=O)NC3CCSC3)c(=O)oc2c1. The van der Waals surface area contributed by atoms with Crippen LogP contribution >= 0.6 is 11.8 Å². The normalized spacial score (nSPS) is 17.3. The third kappa shape index (κ3) is 3.69. The summed E-state index contributed by atoms with van der Waals surface area (Å²) in [5.74, 6) is 2.22. The second-order valence-electron chi connectivity index (χ2n) is 5.53. The molecule has 1 saturated heterocycles. The maximum atomic E-state index is 12.3. The lowest BCUT2D eigenvalue weighted by atomic mass is 10.1. The topological polar surface area (TPSA) is 68.5 Å². The molecule has 6 heteroatoms. The first-order valence-corrected chi connectivity index (χ1v) is 8.92. The molecule has 3 rings (SSSR count). The van der Waals surface area contributed by atoms with Crippen LogP contribution in [0.4, 0.5) is 0 Å². The van der Waals surface area contributed by atoms with Gasteiger partial charge in [-0.25, -0.2) is 4.79 Å². The van der Waals surface area contributed by atoms with Crippen molar-refractivity contribution in [2.45, 2.75) is 25.8 Å². The van der Waals surface area contributed by atoms with Gasteiger partial charge in [-0.2, -0.15) is 11.8 Å². The van der Waals surface area contributed by atoms with Gasteiger partial charge in [0, 0.05) is 23.2 Å². The number of fused-ring (bicyclic) bond motifs is 1. The van der Waals surface area contributed by atoms with Crippen LogP contribution in [0.2, 0.25) is 0 Å². The quantitative estimate of drug-likeness (QED) is 0.852. The lowest BCUT2D eigenvalue weighted by molar-refractivity contribution is 0.0937. The molecule has 5 nitrogen and oxygen atoms in total. The van der Waals surface area contributed by atoms with Gasteiger partial charge >= 0.3 is 5.63 Å². The highest BCUT2D eigenvalue weighted by Gasteiger charge is 2.21. The number of carbonyl (C=O) groups is 1. The molecular formula is C17H19NO4S. The van der Waals surface area contributed by atoms with E-state index in [0.717, 1.165) is 24.3 Å². The maximum Gasteiger partial charge on any atom is 0.349 e. The molecule has 122 valence electrons. The van der Waals surface area contributed by atoms with E-state index in [-0.39, 0.29) is 17.5 Å². The van der Waals surface area contributed by atoms with E-state index >= 15 is 0 Å². The molecule has 1 aliphatic rings.